The van der Waals surface area contributed by atoms with Gasteiger partial charge in [0.15, 0.2) is 0 Å². The highest BCUT2D eigenvalue weighted by Gasteiger charge is 2.72. The minimum absolute atomic E-state index is 0.306. The van der Waals surface area contributed by atoms with Crippen LogP contribution in [0.3, 0.4) is 0 Å². The van der Waals surface area contributed by atoms with Crippen molar-refractivity contribution in [2.75, 3.05) is 19.6 Å². The third kappa shape index (κ3) is 1.96. The Labute approximate surface area is 158 Å². The van der Waals surface area contributed by atoms with Gasteiger partial charge in [-0.3, -0.25) is 0 Å². The van der Waals surface area contributed by atoms with Gasteiger partial charge in [-0.05, 0) is 85.6 Å². The number of hydrogen-bond acceptors (Lipinski definition) is 3. The quantitative estimate of drug-likeness (QED) is 0.741. The lowest BCUT2D eigenvalue weighted by atomic mass is 9.34. The molecule has 146 valence electrons. The Bertz CT molecular complexity index is 619. The Kier molecular flexibility index (Phi) is 3.80. The molecular formula is C23H37NO2. The molecule has 2 N–H and O–H groups in total. The molecule has 0 aromatic carbocycles. The van der Waals surface area contributed by atoms with Gasteiger partial charge >= 0.3 is 0 Å². The summed E-state index contributed by atoms with van der Waals surface area (Å²) in [5.41, 5.74) is 1.36. The van der Waals surface area contributed by atoms with E-state index in [1.165, 1.54) is 51.7 Å². The largest absolute Gasteiger partial charge is 0.392 e. The van der Waals surface area contributed by atoms with E-state index in [2.05, 4.69) is 25.3 Å². The van der Waals surface area contributed by atoms with Crippen LogP contribution in [0.1, 0.15) is 65.2 Å². The average Bonchev–Trinajstić information content (AvgIpc) is 2.60. The lowest BCUT2D eigenvalue weighted by Gasteiger charge is -2.74. The van der Waals surface area contributed by atoms with Crippen LogP contribution < -0.4 is 0 Å². The van der Waals surface area contributed by atoms with Crippen LogP contribution in [0.15, 0.2) is 12.2 Å². The number of hydrogen-bond donors (Lipinski definition) is 2. The lowest BCUT2D eigenvalue weighted by molar-refractivity contribution is -0.276. The van der Waals surface area contributed by atoms with Crippen molar-refractivity contribution in [2.24, 2.45) is 34.0 Å². The van der Waals surface area contributed by atoms with E-state index < -0.39 is 6.10 Å². The Balaban J connectivity index is 1.62. The van der Waals surface area contributed by atoms with E-state index in [4.69, 9.17) is 0 Å². The van der Waals surface area contributed by atoms with E-state index >= 15 is 0 Å². The van der Waals surface area contributed by atoms with Gasteiger partial charge in [0, 0.05) is 18.5 Å². The van der Waals surface area contributed by atoms with Crippen LogP contribution in [-0.2, 0) is 0 Å². The first kappa shape index (κ1) is 17.7. The molecule has 4 bridgehead atoms. The average molecular weight is 360 g/mol. The maximum absolute atomic E-state index is 11.4. The maximum Gasteiger partial charge on any atom is 0.0834 e. The molecule has 5 saturated carbocycles. The predicted molar refractivity (Wildman–Crippen MR) is 104 cm³/mol. The normalized spacial score (nSPS) is 56.2. The molecule has 0 amide bonds. The van der Waals surface area contributed by atoms with E-state index in [0.717, 1.165) is 24.8 Å². The van der Waals surface area contributed by atoms with E-state index in [9.17, 15) is 10.2 Å². The van der Waals surface area contributed by atoms with Crippen LogP contribution in [-0.4, -0.2) is 47.0 Å². The fourth-order valence-electron chi connectivity index (χ4n) is 8.99. The molecule has 0 aromatic heterocycles. The predicted octanol–water partition coefficient (Wildman–Crippen LogP) is 3.60. The van der Waals surface area contributed by atoms with E-state index in [1.807, 2.05) is 0 Å². The third-order valence-corrected chi connectivity index (χ3v) is 9.82. The summed E-state index contributed by atoms with van der Waals surface area (Å²) in [5, 5.41) is 22.7. The molecule has 6 fully saturated rings. The van der Waals surface area contributed by atoms with E-state index in [-0.39, 0.29) is 11.5 Å². The SMILES string of the molecule is C=C1[C@H]2CCC3(C(C2)[C@@]24CCC[C@@](C)(CN(CCC)C2)C4C[C@H]3O)[C@H]1O. The molecule has 3 nitrogen and oxygen atoms in total. The van der Waals surface area contributed by atoms with Gasteiger partial charge in [-0.25, -0.2) is 0 Å². The van der Waals surface area contributed by atoms with Gasteiger partial charge in [-0.2, -0.15) is 0 Å². The second kappa shape index (κ2) is 5.58. The van der Waals surface area contributed by atoms with E-state index in [0.29, 0.717) is 28.6 Å². The minimum atomic E-state index is -0.486. The highest BCUT2D eigenvalue weighted by atomic mass is 16.3. The third-order valence-electron chi connectivity index (χ3n) is 9.82. The number of aliphatic hydroxyl groups excluding tert-OH is 2. The molecule has 3 unspecified atom stereocenters. The minimum Gasteiger partial charge on any atom is -0.392 e. The van der Waals surface area contributed by atoms with Crippen molar-refractivity contribution < 1.29 is 10.2 Å². The van der Waals surface area contributed by atoms with Crippen molar-refractivity contribution >= 4 is 0 Å². The molecule has 6 rings (SSSR count). The number of aliphatic hydroxyl groups is 2. The van der Waals surface area contributed by atoms with Gasteiger partial charge in [0.1, 0.15) is 0 Å². The van der Waals surface area contributed by atoms with Gasteiger partial charge in [-0.15, -0.1) is 0 Å². The Morgan fingerprint density at radius 2 is 1.92 bits per heavy atom. The number of piperidine rings is 1. The van der Waals surface area contributed by atoms with Gasteiger partial charge in [-0.1, -0.05) is 26.8 Å². The summed E-state index contributed by atoms with van der Waals surface area (Å²) < 4.78 is 0. The molecule has 1 spiro atoms. The van der Waals surface area contributed by atoms with Crippen molar-refractivity contribution in [1.82, 2.24) is 4.90 Å². The molecule has 6 aliphatic rings. The zero-order valence-electron chi connectivity index (χ0n) is 16.7. The second-order valence-corrected chi connectivity index (χ2v) is 10.9. The van der Waals surface area contributed by atoms with Crippen LogP contribution in [0.4, 0.5) is 0 Å². The maximum atomic E-state index is 11.4. The van der Waals surface area contributed by atoms with Crippen molar-refractivity contribution in [2.45, 2.75) is 77.4 Å². The van der Waals surface area contributed by atoms with Crippen molar-refractivity contribution in [3.05, 3.63) is 12.2 Å². The van der Waals surface area contributed by atoms with Gasteiger partial charge in [0.2, 0.25) is 0 Å². The van der Waals surface area contributed by atoms with Crippen LogP contribution >= 0.6 is 0 Å². The number of nitrogens with zero attached hydrogens (tertiary/aromatic N) is 1. The van der Waals surface area contributed by atoms with Crippen LogP contribution in [0, 0.1) is 34.0 Å². The van der Waals surface area contributed by atoms with Crippen LogP contribution in [0.5, 0.6) is 0 Å². The summed E-state index contributed by atoms with van der Waals surface area (Å²) in [7, 11) is 0. The monoisotopic (exact) mass is 359 g/mol. The molecule has 5 aliphatic carbocycles. The summed E-state index contributed by atoms with van der Waals surface area (Å²) in [4.78, 5) is 2.74. The first-order chi connectivity index (χ1) is 12.4. The summed E-state index contributed by atoms with van der Waals surface area (Å²) in [6.45, 7) is 12.7. The summed E-state index contributed by atoms with van der Waals surface area (Å²) in [6.07, 6.45) is 8.52. The second-order valence-electron chi connectivity index (χ2n) is 10.9. The van der Waals surface area contributed by atoms with E-state index in [1.54, 1.807) is 0 Å². The van der Waals surface area contributed by atoms with Crippen LogP contribution in [0.2, 0.25) is 0 Å². The highest BCUT2D eigenvalue weighted by Crippen LogP contribution is 2.73. The van der Waals surface area contributed by atoms with Gasteiger partial charge in [0.05, 0.1) is 12.2 Å². The molecule has 26 heavy (non-hydrogen) atoms. The topological polar surface area (TPSA) is 43.7 Å². The lowest BCUT2D eigenvalue weighted by Crippen LogP contribution is -2.74. The molecule has 0 radical (unpaired) electrons. The van der Waals surface area contributed by atoms with Crippen molar-refractivity contribution in [3.8, 4) is 0 Å². The highest BCUT2D eigenvalue weighted by molar-refractivity contribution is 5.29. The first-order valence-electron chi connectivity index (χ1n) is 11.1. The number of fused-ring (bicyclic) bond motifs is 2. The zero-order chi connectivity index (χ0) is 18.3. The summed E-state index contributed by atoms with van der Waals surface area (Å²) in [6, 6.07) is 0. The van der Waals surface area contributed by atoms with Crippen molar-refractivity contribution in [1.29, 1.82) is 0 Å². The fourth-order valence-corrected chi connectivity index (χ4v) is 8.99. The summed E-state index contributed by atoms with van der Waals surface area (Å²) in [5.74, 6) is 1.58. The Hall–Kier alpha value is -0.380. The first-order valence-corrected chi connectivity index (χ1v) is 11.1. The molecule has 1 heterocycles. The molecular weight excluding hydrogens is 322 g/mol. The molecule has 8 atom stereocenters. The summed E-state index contributed by atoms with van der Waals surface area (Å²) >= 11 is 0. The molecule has 0 aromatic rings. The fraction of sp³-hybridized carbons (Fsp3) is 0.913. The van der Waals surface area contributed by atoms with Crippen molar-refractivity contribution in [3.63, 3.8) is 0 Å². The van der Waals surface area contributed by atoms with Gasteiger partial charge in [0.25, 0.3) is 0 Å². The number of rotatable bonds is 2. The zero-order valence-corrected chi connectivity index (χ0v) is 16.7. The van der Waals surface area contributed by atoms with Gasteiger partial charge < -0.3 is 15.1 Å². The molecule has 1 saturated heterocycles. The molecule has 3 heteroatoms. The Morgan fingerprint density at radius 1 is 1.12 bits per heavy atom. The van der Waals surface area contributed by atoms with Crippen LogP contribution in [0.25, 0.3) is 0 Å². The smallest absolute Gasteiger partial charge is 0.0834 e. The molecule has 1 aliphatic heterocycles. The number of likely N-dealkylation sites (tertiary alicyclic amines) is 1. The Morgan fingerprint density at radius 3 is 2.69 bits per heavy atom. The standard InChI is InChI=1S/C23H37NO2/c1-4-10-24-13-21(3)7-5-8-22(14-24)17(21)12-19(25)23-9-6-16(11-18(22)23)15(2)20(23)26/h16-20,25-26H,2,4-14H2,1,3H3/t16-,17?,18?,19+,20-,21-,22-,23?/m0/s1.